The van der Waals surface area contributed by atoms with Gasteiger partial charge in [0.1, 0.15) is 6.10 Å². The first-order valence-electron chi connectivity index (χ1n) is 8.02. The maximum absolute atomic E-state index is 12.5. The van der Waals surface area contributed by atoms with E-state index in [0.29, 0.717) is 12.1 Å². The van der Waals surface area contributed by atoms with Crippen molar-refractivity contribution >= 4 is 6.09 Å². The summed E-state index contributed by atoms with van der Waals surface area (Å²) in [5, 5.41) is 0. The number of nitrogens with zero attached hydrogens (tertiary/aromatic N) is 1. The molecule has 1 unspecified atom stereocenters. The molecule has 0 aromatic heterocycles. The second-order valence-corrected chi connectivity index (χ2v) is 5.93. The Hall–Kier alpha value is -1.72. The van der Waals surface area contributed by atoms with Crippen molar-refractivity contribution in [1.82, 2.24) is 4.90 Å². The molecule has 1 aliphatic rings. The molecule has 1 fully saturated rings. The third-order valence-electron chi connectivity index (χ3n) is 3.98. The third-order valence-corrected chi connectivity index (χ3v) is 3.98. The molecule has 3 nitrogen and oxygen atoms in total. The molecule has 1 amide bonds. The number of benzene rings is 1. The molecular formula is C17H22F3NO2. The Morgan fingerprint density at radius 3 is 2.48 bits per heavy atom. The van der Waals surface area contributed by atoms with E-state index in [2.05, 4.69) is 6.92 Å². The number of ether oxygens (including phenoxy) is 1. The van der Waals surface area contributed by atoms with E-state index in [1.807, 2.05) is 0 Å². The number of cyclic esters (lactones) is 1. The van der Waals surface area contributed by atoms with Crippen LogP contribution in [-0.4, -0.2) is 23.6 Å². The lowest BCUT2D eigenvalue weighted by molar-refractivity contribution is -0.137. The fraction of sp³-hybridized carbons (Fsp3) is 0.588. The fourth-order valence-corrected chi connectivity index (χ4v) is 2.67. The first-order chi connectivity index (χ1) is 10.9. The van der Waals surface area contributed by atoms with Gasteiger partial charge in [0, 0.05) is 6.54 Å². The van der Waals surface area contributed by atoms with Crippen LogP contribution in [0.5, 0.6) is 0 Å². The zero-order valence-electron chi connectivity index (χ0n) is 13.2. The minimum Gasteiger partial charge on any atom is -0.444 e. The second-order valence-electron chi connectivity index (χ2n) is 5.93. The molecule has 0 bridgehead atoms. The van der Waals surface area contributed by atoms with Crippen LogP contribution >= 0.6 is 0 Å². The molecule has 1 saturated heterocycles. The van der Waals surface area contributed by atoms with Crippen molar-refractivity contribution in [3.05, 3.63) is 35.4 Å². The molecule has 1 aromatic rings. The van der Waals surface area contributed by atoms with Crippen molar-refractivity contribution in [1.29, 1.82) is 0 Å². The van der Waals surface area contributed by atoms with Crippen molar-refractivity contribution in [3.63, 3.8) is 0 Å². The SMILES string of the molecule is CCCCCCC1CN(Cc2ccc(C(F)(F)F)cc2)C(=O)O1. The van der Waals surface area contributed by atoms with Crippen LogP contribution in [0.3, 0.4) is 0 Å². The summed E-state index contributed by atoms with van der Waals surface area (Å²) < 4.78 is 42.9. The number of halogens is 3. The van der Waals surface area contributed by atoms with Gasteiger partial charge in [0.2, 0.25) is 0 Å². The zero-order chi connectivity index (χ0) is 16.9. The molecule has 1 atom stereocenters. The summed E-state index contributed by atoms with van der Waals surface area (Å²) in [5.41, 5.74) is -0.0133. The molecule has 1 aromatic carbocycles. The van der Waals surface area contributed by atoms with Crippen LogP contribution in [0.4, 0.5) is 18.0 Å². The largest absolute Gasteiger partial charge is 0.444 e. The van der Waals surface area contributed by atoms with E-state index in [1.54, 1.807) is 4.90 Å². The Labute approximate surface area is 134 Å². The molecule has 2 rings (SSSR count). The predicted molar refractivity (Wildman–Crippen MR) is 80.9 cm³/mol. The van der Waals surface area contributed by atoms with Gasteiger partial charge in [-0.15, -0.1) is 0 Å². The summed E-state index contributed by atoms with van der Waals surface area (Å²) in [4.78, 5) is 13.4. The van der Waals surface area contributed by atoms with E-state index in [-0.39, 0.29) is 18.7 Å². The van der Waals surface area contributed by atoms with Gasteiger partial charge >= 0.3 is 12.3 Å². The van der Waals surface area contributed by atoms with Crippen LogP contribution in [-0.2, 0) is 17.5 Å². The number of alkyl halides is 3. The van der Waals surface area contributed by atoms with Gasteiger partial charge in [0.05, 0.1) is 12.1 Å². The van der Waals surface area contributed by atoms with Crippen molar-refractivity contribution in [2.45, 2.75) is 57.9 Å². The molecule has 0 aliphatic carbocycles. The van der Waals surface area contributed by atoms with Crippen LogP contribution in [0.2, 0.25) is 0 Å². The highest BCUT2D eigenvalue weighted by molar-refractivity contribution is 5.69. The lowest BCUT2D eigenvalue weighted by atomic mass is 10.1. The monoisotopic (exact) mass is 329 g/mol. The quantitative estimate of drug-likeness (QED) is 0.659. The van der Waals surface area contributed by atoms with Gasteiger partial charge in [0.25, 0.3) is 0 Å². The highest BCUT2D eigenvalue weighted by Crippen LogP contribution is 2.29. The van der Waals surface area contributed by atoms with Gasteiger partial charge in [-0.1, -0.05) is 38.3 Å². The number of carbonyl (C=O) groups excluding carboxylic acids is 1. The smallest absolute Gasteiger partial charge is 0.416 e. The van der Waals surface area contributed by atoms with Crippen molar-refractivity contribution in [3.8, 4) is 0 Å². The summed E-state index contributed by atoms with van der Waals surface area (Å²) in [7, 11) is 0. The molecule has 128 valence electrons. The van der Waals surface area contributed by atoms with E-state index < -0.39 is 11.7 Å². The summed E-state index contributed by atoms with van der Waals surface area (Å²) in [5.74, 6) is 0. The maximum Gasteiger partial charge on any atom is 0.416 e. The minimum atomic E-state index is -4.34. The number of unbranched alkanes of at least 4 members (excludes halogenated alkanes) is 3. The summed E-state index contributed by atoms with van der Waals surface area (Å²) in [6.45, 7) is 2.93. The summed E-state index contributed by atoms with van der Waals surface area (Å²) in [6.07, 6.45) is 0.507. The van der Waals surface area contributed by atoms with Gasteiger partial charge < -0.3 is 9.64 Å². The molecule has 23 heavy (non-hydrogen) atoms. The zero-order valence-corrected chi connectivity index (χ0v) is 13.2. The van der Waals surface area contributed by atoms with Crippen LogP contribution in [0.1, 0.15) is 50.2 Å². The number of hydrogen-bond acceptors (Lipinski definition) is 2. The molecule has 0 radical (unpaired) electrons. The summed E-state index contributed by atoms with van der Waals surface area (Å²) >= 11 is 0. The Morgan fingerprint density at radius 1 is 1.17 bits per heavy atom. The first kappa shape index (κ1) is 17.6. The molecule has 6 heteroatoms. The lowest BCUT2D eigenvalue weighted by Crippen LogP contribution is -2.24. The number of amides is 1. The van der Waals surface area contributed by atoms with Gasteiger partial charge in [-0.3, -0.25) is 0 Å². The molecular weight excluding hydrogens is 307 g/mol. The van der Waals surface area contributed by atoms with E-state index >= 15 is 0 Å². The Kier molecular flexibility index (Phi) is 5.91. The van der Waals surface area contributed by atoms with Gasteiger partial charge in [0.15, 0.2) is 0 Å². The number of hydrogen-bond donors (Lipinski definition) is 0. The second kappa shape index (κ2) is 7.70. The van der Waals surface area contributed by atoms with E-state index in [9.17, 15) is 18.0 Å². The van der Waals surface area contributed by atoms with Crippen LogP contribution in [0.15, 0.2) is 24.3 Å². The van der Waals surface area contributed by atoms with Gasteiger partial charge in [-0.05, 0) is 30.5 Å². The number of carbonyl (C=O) groups is 1. The predicted octanol–water partition coefficient (Wildman–Crippen LogP) is 5.00. The normalized spacial score (nSPS) is 18.3. The Morgan fingerprint density at radius 2 is 1.87 bits per heavy atom. The van der Waals surface area contributed by atoms with E-state index in [1.165, 1.54) is 18.6 Å². The topological polar surface area (TPSA) is 29.5 Å². The molecule has 1 aliphatic heterocycles. The molecule has 0 N–H and O–H groups in total. The molecule has 0 spiro atoms. The Bertz CT molecular complexity index is 514. The minimum absolute atomic E-state index is 0.103. The first-order valence-corrected chi connectivity index (χ1v) is 8.02. The highest BCUT2D eigenvalue weighted by atomic mass is 19.4. The van der Waals surface area contributed by atoms with Gasteiger partial charge in [-0.25, -0.2) is 4.79 Å². The van der Waals surface area contributed by atoms with E-state index in [4.69, 9.17) is 4.74 Å². The average Bonchev–Trinajstić information content (AvgIpc) is 2.83. The van der Waals surface area contributed by atoms with Crippen molar-refractivity contribution < 1.29 is 22.7 Å². The number of rotatable bonds is 7. The lowest BCUT2D eigenvalue weighted by Gasteiger charge is -2.14. The summed E-state index contributed by atoms with van der Waals surface area (Å²) in [6, 6.07) is 4.90. The third kappa shape index (κ3) is 5.15. The molecule has 1 heterocycles. The van der Waals surface area contributed by atoms with Crippen LogP contribution < -0.4 is 0 Å². The maximum atomic E-state index is 12.5. The van der Waals surface area contributed by atoms with Crippen LogP contribution in [0, 0.1) is 0 Å². The van der Waals surface area contributed by atoms with Gasteiger partial charge in [-0.2, -0.15) is 13.2 Å². The molecule has 0 saturated carbocycles. The fourth-order valence-electron chi connectivity index (χ4n) is 2.67. The van der Waals surface area contributed by atoms with Crippen molar-refractivity contribution in [2.75, 3.05) is 6.54 Å². The van der Waals surface area contributed by atoms with E-state index in [0.717, 1.165) is 37.8 Å². The van der Waals surface area contributed by atoms with Crippen LogP contribution in [0.25, 0.3) is 0 Å². The standard InChI is InChI=1S/C17H22F3NO2/c1-2-3-4-5-6-15-12-21(16(22)23-15)11-13-7-9-14(10-8-13)17(18,19)20/h7-10,15H,2-6,11-12H2,1H3. The average molecular weight is 329 g/mol. The highest BCUT2D eigenvalue weighted by Gasteiger charge is 2.32. The Balaban J connectivity index is 1.84. The van der Waals surface area contributed by atoms with Crippen molar-refractivity contribution in [2.24, 2.45) is 0 Å².